The monoisotopic (exact) mass is 434 g/mol. The molecular formula is C18H18ClF3N2O3S. The zero-order chi connectivity index (χ0) is 21.1. The number of amides is 1. The fourth-order valence-corrected chi connectivity index (χ4v) is 3.95. The van der Waals surface area contributed by atoms with E-state index in [4.69, 9.17) is 11.6 Å². The van der Waals surface area contributed by atoms with Crippen molar-refractivity contribution in [1.82, 2.24) is 10.0 Å². The van der Waals surface area contributed by atoms with E-state index in [0.717, 1.165) is 12.1 Å². The largest absolute Gasteiger partial charge is 0.347 e. The summed E-state index contributed by atoms with van der Waals surface area (Å²) in [6.07, 6.45) is -0.217. The number of carbonyl (C=O) groups excluding carboxylic acids is 1. The minimum atomic E-state index is -4.10. The molecule has 5 nitrogen and oxygen atoms in total. The van der Waals surface area contributed by atoms with Crippen molar-refractivity contribution in [3.8, 4) is 0 Å². The van der Waals surface area contributed by atoms with Gasteiger partial charge >= 0.3 is 0 Å². The van der Waals surface area contributed by atoms with E-state index in [1.165, 1.54) is 12.1 Å². The van der Waals surface area contributed by atoms with Gasteiger partial charge in [-0.25, -0.2) is 26.3 Å². The first kappa shape index (κ1) is 22.2. The third-order valence-electron chi connectivity index (χ3n) is 3.90. The molecule has 1 amide bonds. The fraction of sp³-hybridized carbons (Fsp3) is 0.278. The Morgan fingerprint density at radius 3 is 2.36 bits per heavy atom. The molecule has 0 fully saturated rings. The van der Waals surface area contributed by atoms with Gasteiger partial charge in [-0.05, 0) is 49.7 Å². The van der Waals surface area contributed by atoms with Gasteiger partial charge in [-0.15, -0.1) is 0 Å². The molecule has 0 spiro atoms. The molecule has 0 bridgehead atoms. The molecule has 0 saturated heterocycles. The van der Waals surface area contributed by atoms with Crippen molar-refractivity contribution in [1.29, 1.82) is 0 Å². The maximum absolute atomic E-state index is 13.2. The summed E-state index contributed by atoms with van der Waals surface area (Å²) < 4.78 is 65.6. The van der Waals surface area contributed by atoms with Crippen molar-refractivity contribution in [3.05, 3.63) is 64.4 Å². The first-order valence-electron chi connectivity index (χ1n) is 8.13. The van der Waals surface area contributed by atoms with Crippen LogP contribution in [0.25, 0.3) is 0 Å². The number of carbonyl (C=O) groups is 1. The van der Waals surface area contributed by atoms with Gasteiger partial charge in [0.15, 0.2) is 11.6 Å². The Kier molecular flexibility index (Phi) is 6.74. The summed E-state index contributed by atoms with van der Waals surface area (Å²) in [5.74, 6) is -3.46. The van der Waals surface area contributed by atoms with Crippen LogP contribution in [0.15, 0.2) is 41.3 Å². The van der Waals surface area contributed by atoms with Crippen molar-refractivity contribution in [2.45, 2.75) is 30.7 Å². The van der Waals surface area contributed by atoms with E-state index in [2.05, 4.69) is 10.0 Å². The molecule has 0 aliphatic rings. The molecule has 0 heterocycles. The number of benzene rings is 2. The normalized spacial score (nSPS) is 12.1. The summed E-state index contributed by atoms with van der Waals surface area (Å²) >= 11 is 6.01. The van der Waals surface area contributed by atoms with E-state index in [1.54, 1.807) is 13.8 Å². The molecule has 0 atom stereocenters. The van der Waals surface area contributed by atoms with Crippen molar-refractivity contribution >= 4 is 27.5 Å². The summed E-state index contributed by atoms with van der Waals surface area (Å²) in [6.45, 7) is 3.06. The quantitative estimate of drug-likeness (QED) is 0.700. The van der Waals surface area contributed by atoms with Crippen molar-refractivity contribution in [3.63, 3.8) is 0 Å². The SMILES string of the molecule is CC(C)(NC(=O)CCNS(=O)(=O)c1ccc(F)c(F)c1)c1ccc(F)cc1Cl. The van der Waals surface area contributed by atoms with Gasteiger partial charge in [0, 0.05) is 18.0 Å². The Morgan fingerprint density at radius 2 is 1.75 bits per heavy atom. The van der Waals surface area contributed by atoms with Crippen molar-refractivity contribution < 1.29 is 26.4 Å². The smallest absolute Gasteiger partial charge is 0.240 e. The summed E-state index contributed by atoms with van der Waals surface area (Å²) in [4.78, 5) is 11.7. The van der Waals surface area contributed by atoms with Gasteiger partial charge in [0.2, 0.25) is 15.9 Å². The molecule has 152 valence electrons. The molecule has 2 aromatic carbocycles. The fourth-order valence-electron chi connectivity index (χ4n) is 2.50. The molecule has 0 radical (unpaired) electrons. The Hall–Kier alpha value is -2.10. The Balaban J connectivity index is 1.97. The van der Waals surface area contributed by atoms with Crippen LogP contribution in [0.4, 0.5) is 13.2 Å². The molecule has 2 N–H and O–H groups in total. The highest BCUT2D eigenvalue weighted by Gasteiger charge is 2.26. The molecule has 2 aromatic rings. The van der Waals surface area contributed by atoms with E-state index >= 15 is 0 Å². The molecule has 0 unspecified atom stereocenters. The average Bonchev–Trinajstić information content (AvgIpc) is 2.56. The first-order valence-corrected chi connectivity index (χ1v) is 10.00. The lowest BCUT2D eigenvalue weighted by molar-refractivity contribution is -0.122. The standard InChI is InChI=1S/C18H18ClF3N2O3S/c1-18(2,13-5-3-11(20)9-14(13)19)24-17(25)7-8-23-28(26,27)12-4-6-15(21)16(22)10-12/h3-6,9-10,23H,7-8H2,1-2H3,(H,24,25). The highest BCUT2D eigenvalue weighted by Crippen LogP contribution is 2.28. The van der Waals surface area contributed by atoms with Gasteiger partial charge in [-0.3, -0.25) is 4.79 Å². The Morgan fingerprint density at radius 1 is 1.07 bits per heavy atom. The molecule has 0 aromatic heterocycles. The second kappa shape index (κ2) is 8.50. The second-order valence-corrected chi connectivity index (χ2v) is 8.70. The van der Waals surface area contributed by atoms with Crippen molar-refractivity contribution in [2.24, 2.45) is 0 Å². The van der Waals surface area contributed by atoms with Crippen LogP contribution in [0, 0.1) is 17.5 Å². The van der Waals surface area contributed by atoms with E-state index in [-0.39, 0.29) is 18.0 Å². The summed E-state index contributed by atoms with van der Waals surface area (Å²) in [5.41, 5.74) is -0.438. The minimum absolute atomic E-state index is 0.143. The van der Waals surface area contributed by atoms with Crippen molar-refractivity contribution in [2.75, 3.05) is 6.54 Å². The van der Waals surface area contributed by atoms with Crippen LogP contribution < -0.4 is 10.0 Å². The lowest BCUT2D eigenvalue weighted by Gasteiger charge is -2.28. The van der Waals surface area contributed by atoms with Gasteiger partial charge < -0.3 is 5.32 Å². The third kappa shape index (κ3) is 5.46. The Bertz CT molecular complexity index is 998. The molecule has 10 heteroatoms. The minimum Gasteiger partial charge on any atom is -0.347 e. The van der Waals surface area contributed by atoms with Crippen LogP contribution in [0.2, 0.25) is 5.02 Å². The number of hydrogen-bond acceptors (Lipinski definition) is 3. The second-order valence-electron chi connectivity index (χ2n) is 6.52. The topological polar surface area (TPSA) is 75.3 Å². The summed E-state index contributed by atoms with van der Waals surface area (Å²) in [7, 11) is -4.10. The predicted octanol–water partition coefficient (Wildman–Crippen LogP) is 3.48. The number of nitrogens with one attached hydrogen (secondary N) is 2. The van der Waals surface area contributed by atoms with Gasteiger partial charge in [-0.2, -0.15) is 0 Å². The molecular weight excluding hydrogens is 417 g/mol. The number of halogens is 4. The number of sulfonamides is 1. The van der Waals surface area contributed by atoms with Crippen LogP contribution in [-0.2, 0) is 20.4 Å². The maximum Gasteiger partial charge on any atom is 0.240 e. The summed E-state index contributed by atoms with van der Waals surface area (Å²) in [5, 5.41) is 2.83. The molecule has 0 saturated carbocycles. The van der Waals surface area contributed by atoms with Crippen LogP contribution in [-0.4, -0.2) is 20.9 Å². The van der Waals surface area contributed by atoms with Gasteiger partial charge in [0.05, 0.1) is 10.4 Å². The van der Waals surface area contributed by atoms with Crippen LogP contribution >= 0.6 is 11.6 Å². The van der Waals surface area contributed by atoms with Crippen LogP contribution in [0.5, 0.6) is 0 Å². The summed E-state index contributed by atoms with van der Waals surface area (Å²) in [6, 6.07) is 5.96. The maximum atomic E-state index is 13.2. The van der Waals surface area contributed by atoms with Gasteiger partial charge in [0.25, 0.3) is 0 Å². The third-order valence-corrected chi connectivity index (χ3v) is 5.67. The van der Waals surface area contributed by atoms with Crippen LogP contribution in [0.3, 0.4) is 0 Å². The molecule has 2 rings (SSSR count). The number of hydrogen-bond donors (Lipinski definition) is 2. The lowest BCUT2D eigenvalue weighted by atomic mass is 9.94. The highest BCUT2D eigenvalue weighted by atomic mass is 35.5. The number of rotatable bonds is 7. The van der Waals surface area contributed by atoms with E-state index in [0.29, 0.717) is 17.7 Å². The van der Waals surface area contributed by atoms with Crippen LogP contribution in [0.1, 0.15) is 25.8 Å². The first-order chi connectivity index (χ1) is 12.9. The zero-order valence-electron chi connectivity index (χ0n) is 15.0. The van der Waals surface area contributed by atoms with Gasteiger partial charge in [0.1, 0.15) is 5.82 Å². The highest BCUT2D eigenvalue weighted by molar-refractivity contribution is 7.89. The average molecular weight is 435 g/mol. The molecule has 0 aliphatic heterocycles. The predicted molar refractivity (Wildman–Crippen MR) is 98.7 cm³/mol. The molecule has 0 aliphatic carbocycles. The lowest BCUT2D eigenvalue weighted by Crippen LogP contribution is -2.42. The molecule has 28 heavy (non-hydrogen) atoms. The van der Waals surface area contributed by atoms with E-state index in [1.807, 2.05) is 0 Å². The van der Waals surface area contributed by atoms with Gasteiger partial charge in [-0.1, -0.05) is 17.7 Å². The zero-order valence-corrected chi connectivity index (χ0v) is 16.6. The Labute approximate surface area is 166 Å². The van der Waals surface area contributed by atoms with E-state index in [9.17, 15) is 26.4 Å². The van der Waals surface area contributed by atoms with E-state index < -0.39 is 43.8 Å².